The number of thiophene rings is 1. The Morgan fingerprint density at radius 3 is 3.08 bits per heavy atom. The molecule has 25 heavy (non-hydrogen) atoms. The Labute approximate surface area is 149 Å². The van der Waals surface area contributed by atoms with Gasteiger partial charge in [-0.05, 0) is 48.6 Å². The van der Waals surface area contributed by atoms with E-state index in [0.717, 1.165) is 46.9 Å². The second-order valence-corrected chi connectivity index (χ2v) is 7.37. The van der Waals surface area contributed by atoms with Gasteiger partial charge in [0, 0.05) is 36.3 Å². The van der Waals surface area contributed by atoms with Crippen LogP contribution in [0.5, 0.6) is 0 Å². The van der Waals surface area contributed by atoms with Crippen molar-refractivity contribution in [2.24, 2.45) is 0 Å². The molecule has 5 rings (SSSR count). The van der Waals surface area contributed by atoms with Crippen LogP contribution in [0, 0.1) is 6.92 Å². The summed E-state index contributed by atoms with van der Waals surface area (Å²) in [6.07, 6.45) is 4.57. The first kappa shape index (κ1) is 14.7. The van der Waals surface area contributed by atoms with Gasteiger partial charge in [-0.25, -0.2) is 19.9 Å². The van der Waals surface area contributed by atoms with Crippen LogP contribution in [0.25, 0.3) is 21.3 Å². The van der Waals surface area contributed by atoms with E-state index in [2.05, 4.69) is 50.4 Å². The molecule has 1 aliphatic heterocycles. The molecule has 0 saturated carbocycles. The molecule has 1 atom stereocenters. The Hall–Kier alpha value is -2.60. The Morgan fingerprint density at radius 1 is 1.16 bits per heavy atom. The zero-order chi connectivity index (χ0) is 16.8. The van der Waals surface area contributed by atoms with Crippen LogP contribution in [0.4, 0.5) is 5.82 Å². The van der Waals surface area contributed by atoms with Crippen molar-refractivity contribution < 1.29 is 0 Å². The molecule has 0 aromatic carbocycles. The lowest BCUT2D eigenvalue weighted by molar-refractivity contribution is 0.747. The molecule has 5 heterocycles. The van der Waals surface area contributed by atoms with Crippen LogP contribution in [0.1, 0.15) is 23.6 Å². The molecule has 0 bridgehead atoms. The van der Waals surface area contributed by atoms with E-state index in [4.69, 9.17) is 4.98 Å². The Balaban J connectivity index is 1.48. The number of rotatable bonds is 2. The fourth-order valence-electron chi connectivity index (χ4n) is 3.63. The van der Waals surface area contributed by atoms with E-state index in [0.29, 0.717) is 5.92 Å². The molecule has 1 saturated heterocycles. The molecule has 1 fully saturated rings. The van der Waals surface area contributed by atoms with Gasteiger partial charge in [-0.1, -0.05) is 0 Å². The molecule has 0 aliphatic carbocycles. The highest BCUT2D eigenvalue weighted by Crippen LogP contribution is 2.35. The summed E-state index contributed by atoms with van der Waals surface area (Å²) in [7, 11) is 0. The highest BCUT2D eigenvalue weighted by atomic mass is 32.1. The van der Waals surface area contributed by atoms with Gasteiger partial charge in [0.1, 0.15) is 17.0 Å². The number of hydrogen-bond acceptors (Lipinski definition) is 6. The molecule has 0 spiro atoms. The third-order valence-corrected chi connectivity index (χ3v) is 5.93. The molecule has 124 valence electrons. The van der Waals surface area contributed by atoms with Crippen LogP contribution in [-0.2, 0) is 0 Å². The summed E-state index contributed by atoms with van der Waals surface area (Å²) >= 11 is 1.69. The highest BCUT2D eigenvalue weighted by molar-refractivity contribution is 7.17. The Bertz CT molecular complexity index is 1070. The van der Waals surface area contributed by atoms with Gasteiger partial charge in [-0.3, -0.25) is 0 Å². The normalized spacial score (nSPS) is 17.6. The Kier molecular flexibility index (Phi) is 3.38. The van der Waals surface area contributed by atoms with Crippen molar-refractivity contribution in [2.45, 2.75) is 19.3 Å². The minimum Gasteiger partial charge on any atom is -0.355 e. The molecule has 0 amide bonds. The molecule has 5 nitrogen and oxygen atoms in total. The summed E-state index contributed by atoms with van der Waals surface area (Å²) in [5, 5.41) is 4.45. The highest BCUT2D eigenvalue weighted by Gasteiger charge is 2.27. The van der Waals surface area contributed by atoms with Crippen LogP contribution in [0.3, 0.4) is 0 Å². The van der Waals surface area contributed by atoms with Crippen molar-refractivity contribution in [1.82, 2.24) is 19.9 Å². The number of anilines is 1. The smallest absolute Gasteiger partial charge is 0.159 e. The van der Waals surface area contributed by atoms with Gasteiger partial charge in [-0.2, -0.15) is 0 Å². The topological polar surface area (TPSA) is 54.8 Å². The van der Waals surface area contributed by atoms with Crippen molar-refractivity contribution in [3.63, 3.8) is 0 Å². The largest absolute Gasteiger partial charge is 0.355 e. The van der Waals surface area contributed by atoms with Crippen molar-refractivity contribution in [3.05, 3.63) is 53.4 Å². The number of fused-ring (bicyclic) bond motifs is 2. The molecular formula is C19H17N5S. The summed E-state index contributed by atoms with van der Waals surface area (Å²) in [6, 6.07) is 8.27. The van der Waals surface area contributed by atoms with Gasteiger partial charge in [0.2, 0.25) is 0 Å². The van der Waals surface area contributed by atoms with Crippen LogP contribution >= 0.6 is 11.3 Å². The summed E-state index contributed by atoms with van der Waals surface area (Å²) in [5.74, 6) is 1.47. The van der Waals surface area contributed by atoms with Crippen molar-refractivity contribution in [2.75, 3.05) is 18.0 Å². The standard InChI is InChI=1S/C19H17N5S/c1-12-10-25-19-16(12)18(21-11-22-19)24-8-6-14(9-24)15-5-4-13-3-2-7-20-17(13)23-15/h2-5,7,10-11,14H,6,8-9H2,1H3. The average Bonchev–Trinajstić information content (AvgIpc) is 3.29. The first-order valence-electron chi connectivity index (χ1n) is 8.45. The van der Waals surface area contributed by atoms with Gasteiger partial charge < -0.3 is 4.90 Å². The maximum atomic E-state index is 4.79. The Morgan fingerprint density at radius 2 is 2.12 bits per heavy atom. The fourth-order valence-corrected chi connectivity index (χ4v) is 4.51. The predicted octanol–water partition coefficient (Wildman–Crippen LogP) is 3.94. The summed E-state index contributed by atoms with van der Waals surface area (Å²) < 4.78 is 0. The predicted molar refractivity (Wildman–Crippen MR) is 101 cm³/mol. The average molecular weight is 347 g/mol. The molecule has 0 radical (unpaired) electrons. The molecule has 1 aliphatic rings. The van der Waals surface area contributed by atoms with Crippen LogP contribution in [0.15, 0.2) is 42.2 Å². The molecule has 4 aromatic rings. The monoisotopic (exact) mass is 347 g/mol. The number of aromatic nitrogens is 4. The lowest BCUT2D eigenvalue weighted by Gasteiger charge is -2.18. The van der Waals surface area contributed by atoms with E-state index >= 15 is 0 Å². The van der Waals surface area contributed by atoms with E-state index in [9.17, 15) is 0 Å². The maximum absolute atomic E-state index is 4.79. The van der Waals surface area contributed by atoms with E-state index < -0.39 is 0 Å². The lowest BCUT2D eigenvalue weighted by Crippen LogP contribution is -2.21. The number of aryl methyl sites for hydroxylation is 1. The second-order valence-electron chi connectivity index (χ2n) is 6.51. The number of hydrogen-bond donors (Lipinski definition) is 0. The summed E-state index contributed by atoms with van der Waals surface area (Å²) in [4.78, 5) is 21.6. The zero-order valence-corrected chi connectivity index (χ0v) is 14.7. The minimum atomic E-state index is 0.412. The summed E-state index contributed by atoms with van der Waals surface area (Å²) in [5.41, 5.74) is 3.21. The summed E-state index contributed by atoms with van der Waals surface area (Å²) in [6.45, 7) is 4.07. The van der Waals surface area contributed by atoms with Gasteiger partial charge in [0.05, 0.1) is 5.39 Å². The quantitative estimate of drug-likeness (QED) is 0.550. The molecule has 0 N–H and O–H groups in total. The minimum absolute atomic E-state index is 0.412. The van der Waals surface area contributed by atoms with E-state index in [1.807, 2.05) is 6.07 Å². The molecule has 1 unspecified atom stereocenters. The van der Waals surface area contributed by atoms with Crippen LogP contribution in [0.2, 0.25) is 0 Å². The molecular weight excluding hydrogens is 330 g/mol. The SMILES string of the molecule is Cc1csc2ncnc(N3CCC(c4ccc5cccnc5n4)C3)c12. The molecule has 4 aromatic heterocycles. The van der Waals surface area contributed by atoms with E-state index in [1.165, 1.54) is 10.9 Å². The van der Waals surface area contributed by atoms with Gasteiger partial charge in [0.25, 0.3) is 0 Å². The zero-order valence-electron chi connectivity index (χ0n) is 13.9. The van der Waals surface area contributed by atoms with Crippen LogP contribution in [-0.4, -0.2) is 33.0 Å². The van der Waals surface area contributed by atoms with Crippen molar-refractivity contribution in [3.8, 4) is 0 Å². The number of pyridine rings is 2. The van der Waals surface area contributed by atoms with E-state index in [1.54, 1.807) is 23.9 Å². The molecule has 6 heteroatoms. The third kappa shape index (κ3) is 2.44. The van der Waals surface area contributed by atoms with Gasteiger partial charge in [0.15, 0.2) is 5.65 Å². The number of nitrogens with zero attached hydrogens (tertiary/aromatic N) is 5. The second kappa shape index (κ2) is 5.74. The van der Waals surface area contributed by atoms with Gasteiger partial charge in [-0.15, -0.1) is 11.3 Å². The van der Waals surface area contributed by atoms with E-state index in [-0.39, 0.29) is 0 Å². The lowest BCUT2D eigenvalue weighted by atomic mass is 10.0. The maximum Gasteiger partial charge on any atom is 0.159 e. The van der Waals surface area contributed by atoms with Crippen molar-refractivity contribution in [1.29, 1.82) is 0 Å². The van der Waals surface area contributed by atoms with Crippen molar-refractivity contribution >= 4 is 38.4 Å². The van der Waals surface area contributed by atoms with Crippen LogP contribution < -0.4 is 4.90 Å². The third-order valence-electron chi connectivity index (χ3n) is 4.93. The first-order chi connectivity index (χ1) is 12.3. The first-order valence-corrected chi connectivity index (χ1v) is 9.33. The van der Waals surface area contributed by atoms with Gasteiger partial charge >= 0.3 is 0 Å². The fraction of sp³-hybridized carbons (Fsp3) is 0.263.